The second-order valence-corrected chi connectivity index (χ2v) is 11.2. The fourth-order valence-electron chi connectivity index (χ4n) is 6.75. The van der Waals surface area contributed by atoms with Crippen molar-refractivity contribution in [2.75, 3.05) is 0 Å². The molecule has 5 aromatic rings. The Morgan fingerprint density at radius 2 is 1.14 bits per heavy atom. The van der Waals surface area contributed by atoms with Crippen molar-refractivity contribution in [3.05, 3.63) is 126 Å². The Bertz CT molecular complexity index is 1670. The van der Waals surface area contributed by atoms with E-state index in [0.717, 1.165) is 11.3 Å². The van der Waals surface area contributed by atoms with Gasteiger partial charge in [-0.3, -0.25) is 4.98 Å². The van der Waals surface area contributed by atoms with Crippen molar-refractivity contribution in [2.45, 2.75) is 38.5 Å². The number of benzene rings is 4. The summed E-state index contributed by atoms with van der Waals surface area (Å²) in [6.45, 7) is 9.53. The van der Waals surface area contributed by atoms with Crippen LogP contribution >= 0.6 is 0 Å². The predicted octanol–water partition coefficient (Wildman–Crippen LogP) is 9.03. The Kier molecular flexibility index (Phi) is 4.31. The van der Waals surface area contributed by atoms with Gasteiger partial charge in [0.05, 0.1) is 5.69 Å². The number of hydrogen-bond donors (Lipinski definition) is 0. The van der Waals surface area contributed by atoms with Crippen molar-refractivity contribution in [3.63, 3.8) is 0 Å². The van der Waals surface area contributed by atoms with Crippen LogP contribution in [0, 0.1) is 0 Å². The van der Waals surface area contributed by atoms with E-state index in [9.17, 15) is 0 Å². The van der Waals surface area contributed by atoms with Gasteiger partial charge in [-0.05, 0) is 73.8 Å². The van der Waals surface area contributed by atoms with Crippen LogP contribution < -0.4 is 0 Å². The molecule has 2 aliphatic carbocycles. The van der Waals surface area contributed by atoms with Gasteiger partial charge in [-0.25, -0.2) is 0 Å². The van der Waals surface area contributed by atoms with Gasteiger partial charge in [0.2, 0.25) is 0 Å². The molecule has 0 fully saturated rings. The quantitative estimate of drug-likeness (QED) is 0.254. The number of fused-ring (bicyclic) bond motifs is 6. The Hall–Kier alpha value is -3.97. The molecular formula is C35H29N. The Morgan fingerprint density at radius 3 is 1.89 bits per heavy atom. The molecule has 0 bridgehead atoms. The second kappa shape index (κ2) is 7.27. The molecule has 4 aromatic carbocycles. The first-order valence-corrected chi connectivity index (χ1v) is 12.8. The molecule has 1 nitrogen and oxygen atoms in total. The summed E-state index contributed by atoms with van der Waals surface area (Å²) in [6.07, 6.45) is 1.98. The molecule has 174 valence electrons. The minimum atomic E-state index is -0.103. The molecule has 0 spiro atoms. The molecule has 0 amide bonds. The largest absolute Gasteiger partial charge is 0.256 e. The molecular weight excluding hydrogens is 434 g/mol. The smallest absolute Gasteiger partial charge is 0.0708 e. The predicted molar refractivity (Wildman–Crippen MR) is 150 cm³/mol. The van der Waals surface area contributed by atoms with E-state index in [1.54, 1.807) is 0 Å². The highest BCUT2D eigenvalue weighted by Crippen LogP contribution is 2.60. The van der Waals surface area contributed by atoms with Crippen LogP contribution in [0.4, 0.5) is 0 Å². The first-order valence-electron chi connectivity index (χ1n) is 12.8. The van der Waals surface area contributed by atoms with E-state index >= 15 is 0 Å². The molecule has 2 aliphatic rings. The highest BCUT2D eigenvalue weighted by atomic mass is 14.7. The van der Waals surface area contributed by atoms with E-state index in [1.165, 1.54) is 55.6 Å². The van der Waals surface area contributed by atoms with E-state index in [1.807, 2.05) is 6.20 Å². The number of rotatable bonds is 2. The zero-order chi connectivity index (χ0) is 24.7. The number of pyridine rings is 1. The lowest BCUT2D eigenvalue weighted by molar-refractivity contribution is 0.653. The monoisotopic (exact) mass is 463 g/mol. The van der Waals surface area contributed by atoms with Crippen LogP contribution in [0.25, 0.3) is 44.6 Å². The summed E-state index contributed by atoms with van der Waals surface area (Å²) in [5, 5.41) is 0. The van der Waals surface area contributed by atoms with E-state index < -0.39 is 0 Å². The minimum absolute atomic E-state index is 0.0628. The zero-order valence-corrected chi connectivity index (χ0v) is 21.3. The third kappa shape index (κ3) is 2.74. The van der Waals surface area contributed by atoms with Crippen LogP contribution in [0.5, 0.6) is 0 Å². The normalized spacial score (nSPS) is 15.7. The molecule has 0 saturated heterocycles. The van der Waals surface area contributed by atoms with Gasteiger partial charge in [0.15, 0.2) is 0 Å². The fourth-order valence-corrected chi connectivity index (χ4v) is 6.75. The highest BCUT2D eigenvalue weighted by molar-refractivity contribution is 6.01. The van der Waals surface area contributed by atoms with E-state index in [0.29, 0.717) is 0 Å². The van der Waals surface area contributed by atoms with Gasteiger partial charge in [0.1, 0.15) is 0 Å². The summed E-state index contributed by atoms with van der Waals surface area (Å²) in [5.74, 6) is 0. The summed E-state index contributed by atoms with van der Waals surface area (Å²) >= 11 is 0. The summed E-state index contributed by atoms with van der Waals surface area (Å²) in [6, 6.07) is 35.5. The molecule has 1 heterocycles. The van der Waals surface area contributed by atoms with Crippen molar-refractivity contribution in [1.29, 1.82) is 0 Å². The minimum Gasteiger partial charge on any atom is -0.256 e. The summed E-state index contributed by atoms with van der Waals surface area (Å²) in [7, 11) is 0. The molecule has 0 saturated carbocycles. The zero-order valence-electron chi connectivity index (χ0n) is 21.3. The van der Waals surface area contributed by atoms with Gasteiger partial charge in [-0.2, -0.15) is 0 Å². The SMILES string of the molecule is CC1(C)c2ccccc2-c2c1cc1c(c2-c2ccnc(-c3ccccc3)c2)C(C)(C)c2ccccc2-1. The Labute approximate surface area is 213 Å². The molecule has 36 heavy (non-hydrogen) atoms. The van der Waals surface area contributed by atoms with Gasteiger partial charge >= 0.3 is 0 Å². The van der Waals surface area contributed by atoms with Crippen LogP contribution in [-0.2, 0) is 10.8 Å². The lowest BCUT2D eigenvalue weighted by Gasteiger charge is -2.28. The highest BCUT2D eigenvalue weighted by Gasteiger charge is 2.44. The Morgan fingerprint density at radius 1 is 0.500 bits per heavy atom. The molecule has 0 radical (unpaired) electrons. The van der Waals surface area contributed by atoms with Gasteiger partial charge in [-0.1, -0.05) is 107 Å². The molecule has 0 atom stereocenters. The van der Waals surface area contributed by atoms with Crippen LogP contribution in [0.2, 0.25) is 0 Å². The lowest BCUT2D eigenvalue weighted by Crippen LogP contribution is -2.18. The van der Waals surface area contributed by atoms with E-state index in [4.69, 9.17) is 4.98 Å². The summed E-state index contributed by atoms with van der Waals surface area (Å²) in [5.41, 5.74) is 15.8. The Balaban J connectivity index is 1.62. The standard InChI is InChI=1S/C35H29N/c1-34(2)28-17-11-9-15-25(28)32-29(34)21-26-24-14-8-10-16-27(24)35(3,4)33(26)31(32)23-18-19-36-30(20-23)22-12-6-5-7-13-22/h5-21H,1-4H3. The van der Waals surface area contributed by atoms with Gasteiger partial charge in [-0.15, -0.1) is 0 Å². The topological polar surface area (TPSA) is 12.9 Å². The lowest BCUT2D eigenvalue weighted by atomic mass is 9.75. The molecule has 0 N–H and O–H groups in total. The number of aromatic nitrogens is 1. The molecule has 7 rings (SSSR count). The van der Waals surface area contributed by atoms with Gasteiger partial charge in [0, 0.05) is 22.6 Å². The van der Waals surface area contributed by atoms with Crippen LogP contribution in [0.1, 0.15) is 49.9 Å². The molecule has 1 aromatic heterocycles. The van der Waals surface area contributed by atoms with Crippen LogP contribution in [0.15, 0.2) is 103 Å². The van der Waals surface area contributed by atoms with Crippen molar-refractivity contribution >= 4 is 0 Å². The maximum Gasteiger partial charge on any atom is 0.0708 e. The molecule has 0 aliphatic heterocycles. The first-order chi connectivity index (χ1) is 17.4. The molecule has 0 unspecified atom stereocenters. The summed E-state index contributed by atoms with van der Waals surface area (Å²) < 4.78 is 0. The third-order valence-corrected chi connectivity index (χ3v) is 8.50. The maximum absolute atomic E-state index is 4.77. The van der Waals surface area contributed by atoms with Crippen molar-refractivity contribution < 1.29 is 0 Å². The van der Waals surface area contributed by atoms with Gasteiger partial charge in [0.25, 0.3) is 0 Å². The van der Waals surface area contributed by atoms with Crippen molar-refractivity contribution in [1.82, 2.24) is 4.98 Å². The van der Waals surface area contributed by atoms with Crippen molar-refractivity contribution in [3.8, 4) is 44.6 Å². The van der Waals surface area contributed by atoms with Crippen LogP contribution in [-0.4, -0.2) is 4.98 Å². The van der Waals surface area contributed by atoms with Crippen LogP contribution in [0.3, 0.4) is 0 Å². The van der Waals surface area contributed by atoms with E-state index in [2.05, 4.69) is 125 Å². The summed E-state index contributed by atoms with van der Waals surface area (Å²) in [4.78, 5) is 4.77. The third-order valence-electron chi connectivity index (χ3n) is 8.50. The molecule has 1 heteroatoms. The number of nitrogens with zero attached hydrogens (tertiary/aromatic N) is 1. The maximum atomic E-state index is 4.77. The second-order valence-electron chi connectivity index (χ2n) is 11.2. The average molecular weight is 464 g/mol. The van der Waals surface area contributed by atoms with E-state index in [-0.39, 0.29) is 10.8 Å². The number of hydrogen-bond acceptors (Lipinski definition) is 1. The van der Waals surface area contributed by atoms with Crippen molar-refractivity contribution in [2.24, 2.45) is 0 Å². The fraction of sp³-hybridized carbons (Fsp3) is 0.171. The van der Waals surface area contributed by atoms with Gasteiger partial charge < -0.3 is 0 Å². The first kappa shape index (κ1) is 21.3. The average Bonchev–Trinajstić information content (AvgIpc) is 3.28.